The van der Waals surface area contributed by atoms with E-state index in [1.165, 1.54) is 23.8 Å². The van der Waals surface area contributed by atoms with Crippen LogP contribution in [0.2, 0.25) is 0 Å². The molecule has 3 rings (SSSR count). The van der Waals surface area contributed by atoms with E-state index < -0.39 is 11.2 Å². The Hall–Kier alpha value is -2.34. The molecule has 152 valence electrons. The molecule has 0 spiro atoms. The Morgan fingerprint density at radius 3 is 2.43 bits per heavy atom. The van der Waals surface area contributed by atoms with Gasteiger partial charge in [0.15, 0.2) is 0 Å². The normalized spacial score (nSPS) is 15.2. The van der Waals surface area contributed by atoms with Crippen LogP contribution in [0.25, 0.3) is 0 Å². The number of benzene rings is 1. The quantitative estimate of drug-likeness (QED) is 0.737. The minimum atomic E-state index is -0.728. The number of rotatable bonds is 7. The summed E-state index contributed by atoms with van der Waals surface area (Å²) in [5.41, 5.74) is 0.899. The molecule has 1 saturated carbocycles. The van der Waals surface area contributed by atoms with Gasteiger partial charge in [0, 0.05) is 11.3 Å². The number of hydrogen-bond acceptors (Lipinski definition) is 4. The van der Waals surface area contributed by atoms with E-state index in [0.29, 0.717) is 24.5 Å². The monoisotopic (exact) mass is 386 g/mol. The van der Waals surface area contributed by atoms with Gasteiger partial charge < -0.3 is 9.94 Å². The second-order valence-electron chi connectivity index (χ2n) is 8.01. The van der Waals surface area contributed by atoms with Gasteiger partial charge in [0.05, 0.1) is 6.61 Å². The van der Waals surface area contributed by atoms with Crippen LogP contribution >= 0.6 is 0 Å². The van der Waals surface area contributed by atoms with Gasteiger partial charge in [-0.2, -0.15) is 0 Å². The highest BCUT2D eigenvalue weighted by atomic mass is 16.5. The Labute approximate surface area is 165 Å². The first kappa shape index (κ1) is 20.4. The summed E-state index contributed by atoms with van der Waals surface area (Å²) in [6, 6.07) is 9.72. The van der Waals surface area contributed by atoms with Gasteiger partial charge in [-0.15, -0.1) is 0 Å². The minimum Gasteiger partial charge on any atom is -0.421 e. The molecule has 28 heavy (non-hydrogen) atoms. The molecule has 0 aliphatic heterocycles. The predicted octanol–water partition coefficient (Wildman–Crippen LogP) is 3.67. The standard InChI is InChI=1S/C22H30N2O4/c1-16(2)20-19(13-17-9-5-3-6-10-17)23(22(26)24(27)21(20)25)15-28-14-18-11-7-4-8-12-18/h4,7-8,11-12,16-17,27H,3,5-6,9-10,13-15H2,1-2H3. The number of hydrogen-bond donors (Lipinski definition) is 1. The maximum Gasteiger partial charge on any atom is 0.366 e. The minimum absolute atomic E-state index is 0.0103. The van der Waals surface area contributed by atoms with Gasteiger partial charge in [-0.1, -0.05) is 81.0 Å². The highest BCUT2D eigenvalue weighted by Gasteiger charge is 2.24. The lowest BCUT2D eigenvalue weighted by Crippen LogP contribution is -2.44. The molecule has 0 amide bonds. The van der Waals surface area contributed by atoms with Gasteiger partial charge in [0.1, 0.15) is 6.73 Å². The second kappa shape index (κ2) is 9.24. The van der Waals surface area contributed by atoms with E-state index in [-0.39, 0.29) is 17.4 Å². The molecule has 2 aromatic rings. The molecule has 1 heterocycles. The summed E-state index contributed by atoms with van der Waals surface area (Å²) in [4.78, 5) is 25.3. The van der Waals surface area contributed by atoms with Crippen molar-refractivity contribution in [1.29, 1.82) is 0 Å². The van der Waals surface area contributed by atoms with Crippen molar-refractivity contribution in [1.82, 2.24) is 9.30 Å². The van der Waals surface area contributed by atoms with E-state index in [2.05, 4.69) is 0 Å². The first-order chi connectivity index (χ1) is 13.5. The largest absolute Gasteiger partial charge is 0.421 e. The third-order valence-corrected chi connectivity index (χ3v) is 5.59. The molecule has 6 nitrogen and oxygen atoms in total. The predicted molar refractivity (Wildman–Crippen MR) is 108 cm³/mol. The Morgan fingerprint density at radius 2 is 1.79 bits per heavy atom. The van der Waals surface area contributed by atoms with E-state index in [0.717, 1.165) is 24.1 Å². The zero-order chi connectivity index (χ0) is 20.1. The van der Waals surface area contributed by atoms with Crippen LogP contribution in [0.3, 0.4) is 0 Å². The lowest BCUT2D eigenvalue weighted by atomic mass is 9.84. The highest BCUT2D eigenvalue weighted by Crippen LogP contribution is 2.28. The van der Waals surface area contributed by atoms with Crippen LogP contribution in [0.15, 0.2) is 39.9 Å². The van der Waals surface area contributed by atoms with Crippen LogP contribution in [-0.4, -0.2) is 14.5 Å². The molecule has 6 heteroatoms. The van der Waals surface area contributed by atoms with Crippen LogP contribution in [0.4, 0.5) is 0 Å². The molecule has 1 fully saturated rings. The molecule has 0 unspecified atom stereocenters. The average Bonchev–Trinajstić information content (AvgIpc) is 2.70. The van der Waals surface area contributed by atoms with E-state index in [1.807, 2.05) is 44.2 Å². The Bertz CT molecular complexity index is 893. The van der Waals surface area contributed by atoms with Gasteiger partial charge in [0.25, 0.3) is 5.56 Å². The molecule has 1 aliphatic carbocycles. The zero-order valence-electron chi connectivity index (χ0n) is 16.8. The summed E-state index contributed by atoms with van der Waals surface area (Å²) in [5, 5.41) is 10.1. The van der Waals surface area contributed by atoms with Gasteiger partial charge >= 0.3 is 5.69 Å². The lowest BCUT2D eigenvalue weighted by Gasteiger charge is -2.25. The third-order valence-electron chi connectivity index (χ3n) is 5.59. The lowest BCUT2D eigenvalue weighted by molar-refractivity contribution is 0.0489. The van der Waals surface area contributed by atoms with Crippen LogP contribution in [0.5, 0.6) is 0 Å². The Kier molecular flexibility index (Phi) is 6.73. The fourth-order valence-electron chi connectivity index (χ4n) is 4.13. The first-order valence-electron chi connectivity index (χ1n) is 10.2. The van der Waals surface area contributed by atoms with Crippen LogP contribution in [0, 0.1) is 5.92 Å². The second-order valence-corrected chi connectivity index (χ2v) is 8.01. The van der Waals surface area contributed by atoms with Crippen LogP contribution in [-0.2, 0) is 24.5 Å². The van der Waals surface area contributed by atoms with Crippen molar-refractivity contribution in [3.8, 4) is 0 Å². The van der Waals surface area contributed by atoms with E-state index in [1.54, 1.807) is 0 Å². The van der Waals surface area contributed by atoms with Gasteiger partial charge in [-0.3, -0.25) is 9.36 Å². The third kappa shape index (κ3) is 4.55. The Morgan fingerprint density at radius 1 is 1.11 bits per heavy atom. The summed E-state index contributed by atoms with van der Waals surface area (Å²) in [5.74, 6) is 0.366. The van der Waals surface area contributed by atoms with Crippen molar-refractivity contribution in [2.45, 2.75) is 71.6 Å². The molecule has 1 aliphatic rings. The summed E-state index contributed by atoms with van der Waals surface area (Å²) < 4.78 is 7.45. The molecule has 0 atom stereocenters. The molecule has 1 N–H and O–H groups in total. The number of nitrogens with zero attached hydrogens (tertiary/aromatic N) is 2. The van der Waals surface area contributed by atoms with Crippen molar-refractivity contribution in [2.75, 3.05) is 0 Å². The molecule has 1 aromatic heterocycles. The fourth-order valence-corrected chi connectivity index (χ4v) is 4.13. The van der Waals surface area contributed by atoms with Crippen molar-refractivity contribution in [3.63, 3.8) is 0 Å². The first-order valence-corrected chi connectivity index (χ1v) is 10.2. The average molecular weight is 386 g/mol. The molecule has 0 saturated heterocycles. The Balaban J connectivity index is 1.93. The number of ether oxygens (including phenoxy) is 1. The molecule has 0 bridgehead atoms. The van der Waals surface area contributed by atoms with E-state index >= 15 is 0 Å². The zero-order valence-corrected chi connectivity index (χ0v) is 16.8. The summed E-state index contributed by atoms with van der Waals surface area (Å²) in [7, 11) is 0. The topological polar surface area (TPSA) is 73.5 Å². The van der Waals surface area contributed by atoms with E-state index in [4.69, 9.17) is 4.74 Å². The summed E-state index contributed by atoms with van der Waals surface area (Å²) in [6.45, 7) is 4.20. The summed E-state index contributed by atoms with van der Waals surface area (Å²) in [6.07, 6.45) is 6.52. The molecular formula is C22H30N2O4. The maximum atomic E-state index is 12.7. The number of aromatic nitrogens is 2. The van der Waals surface area contributed by atoms with Gasteiger partial charge in [-0.25, -0.2) is 4.79 Å². The fraction of sp³-hybridized carbons (Fsp3) is 0.545. The van der Waals surface area contributed by atoms with Crippen LogP contribution < -0.4 is 11.2 Å². The van der Waals surface area contributed by atoms with Crippen molar-refractivity contribution in [2.24, 2.45) is 5.92 Å². The molecule has 1 aromatic carbocycles. The van der Waals surface area contributed by atoms with Gasteiger partial charge in [-0.05, 0) is 23.8 Å². The highest BCUT2D eigenvalue weighted by molar-refractivity contribution is 5.22. The van der Waals surface area contributed by atoms with Crippen molar-refractivity contribution >= 4 is 0 Å². The maximum absolute atomic E-state index is 12.7. The SMILES string of the molecule is CC(C)c1c(CC2CCCCC2)n(COCc2ccccc2)c(=O)n(O)c1=O. The molecular weight excluding hydrogens is 356 g/mol. The van der Waals surface area contributed by atoms with E-state index in [9.17, 15) is 14.8 Å². The molecule has 0 radical (unpaired) electrons. The van der Waals surface area contributed by atoms with Crippen molar-refractivity contribution < 1.29 is 9.94 Å². The van der Waals surface area contributed by atoms with Crippen LogP contribution in [0.1, 0.15) is 68.7 Å². The van der Waals surface area contributed by atoms with Gasteiger partial charge in [0.2, 0.25) is 0 Å². The summed E-state index contributed by atoms with van der Waals surface area (Å²) >= 11 is 0. The smallest absolute Gasteiger partial charge is 0.366 e. The van der Waals surface area contributed by atoms with Crippen molar-refractivity contribution in [3.05, 3.63) is 68.0 Å².